The lowest BCUT2D eigenvalue weighted by molar-refractivity contribution is -0.249. The Morgan fingerprint density at radius 2 is 1.64 bits per heavy atom. The molecule has 2 aromatic rings. The van der Waals surface area contributed by atoms with Gasteiger partial charge < -0.3 is 10.6 Å². The fourth-order valence-corrected chi connectivity index (χ4v) is 4.10. The van der Waals surface area contributed by atoms with Crippen LogP contribution in [0.2, 0.25) is 0 Å². The minimum atomic E-state index is -5.86. The zero-order chi connectivity index (χ0) is 24.0. The van der Waals surface area contributed by atoms with E-state index in [0.29, 0.717) is 24.7 Å². The molecule has 0 amide bonds. The van der Waals surface area contributed by atoms with Crippen LogP contribution >= 0.6 is 0 Å². The Bertz CT molecular complexity index is 1050. The number of halogens is 7. The summed E-state index contributed by atoms with van der Waals surface area (Å²) >= 11 is 0. The lowest BCUT2D eigenvalue weighted by atomic mass is 9.97. The average molecular weight is 474 g/mol. The molecule has 2 aliphatic heterocycles. The van der Waals surface area contributed by atoms with Crippen LogP contribution in [0.5, 0.6) is 0 Å². The van der Waals surface area contributed by atoms with Crippen LogP contribution in [0.1, 0.15) is 30.9 Å². The van der Waals surface area contributed by atoms with Gasteiger partial charge in [-0.3, -0.25) is 5.01 Å². The summed E-state index contributed by atoms with van der Waals surface area (Å²) in [4.78, 5) is 2.04. The number of alkyl halides is 5. The number of benzene rings is 2. The van der Waals surface area contributed by atoms with Crippen molar-refractivity contribution in [1.29, 1.82) is 0 Å². The van der Waals surface area contributed by atoms with Gasteiger partial charge in [-0.1, -0.05) is 12.1 Å². The van der Waals surface area contributed by atoms with E-state index in [1.165, 1.54) is 0 Å². The van der Waals surface area contributed by atoms with Gasteiger partial charge in [0.25, 0.3) is 0 Å². The number of hydrazone groups is 1. The van der Waals surface area contributed by atoms with Crippen molar-refractivity contribution in [2.24, 2.45) is 10.8 Å². The molecule has 0 aromatic heterocycles. The summed E-state index contributed by atoms with van der Waals surface area (Å²) in [6.07, 6.45) is -5.13. The molecule has 4 nitrogen and oxygen atoms in total. The number of hydrogen-bond acceptors (Lipinski definition) is 4. The second-order valence-corrected chi connectivity index (χ2v) is 8.20. The van der Waals surface area contributed by atoms with Crippen molar-refractivity contribution in [3.8, 4) is 0 Å². The summed E-state index contributed by atoms with van der Waals surface area (Å²) in [5, 5.41) is 4.26. The maximum absolute atomic E-state index is 14.5. The molecule has 2 aromatic carbocycles. The largest absolute Gasteiger partial charge is 0.459 e. The topological polar surface area (TPSA) is 44.9 Å². The van der Waals surface area contributed by atoms with Crippen LogP contribution in [0.3, 0.4) is 0 Å². The van der Waals surface area contributed by atoms with Crippen LogP contribution in [-0.2, 0) is 0 Å². The maximum Gasteiger partial charge on any atom is 0.459 e. The molecule has 1 saturated heterocycles. The molecule has 178 valence electrons. The summed E-state index contributed by atoms with van der Waals surface area (Å²) in [6, 6.07) is 7.99. The predicted molar refractivity (Wildman–Crippen MR) is 110 cm³/mol. The number of anilines is 2. The first-order valence-electron chi connectivity index (χ1n) is 10.3. The molecule has 2 aliphatic rings. The number of nitrogens with two attached hydrogens (primary N) is 1. The van der Waals surface area contributed by atoms with E-state index in [1.54, 1.807) is 24.3 Å². The second-order valence-electron chi connectivity index (χ2n) is 8.20. The average Bonchev–Trinajstić information content (AvgIpc) is 3.19. The molecule has 1 fully saturated rings. The van der Waals surface area contributed by atoms with Gasteiger partial charge in [0, 0.05) is 37.3 Å². The van der Waals surface area contributed by atoms with E-state index in [4.69, 9.17) is 5.73 Å². The molecule has 2 heterocycles. The fraction of sp³-hybridized carbons (Fsp3) is 0.409. The number of piperidine rings is 1. The van der Waals surface area contributed by atoms with E-state index in [1.807, 2.05) is 4.90 Å². The molecular formula is C22H21F7N4. The SMILES string of the molecule is NC1CCN(c2cccc(C3CC(C(F)(F)C(F)(F)F)=NN3c3ccc(F)cc3F)c2)CC1. The van der Waals surface area contributed by atoms with Crippen LogP contribution in [0, 0.1) is 11.6 Å². The Kier molecular flexibility index (Phi) is 6.02. The van der Waals surface area contributed by atoms with E-state index < -0.39 is 47.6 Å². The smallest absolute Gasteiger partial charge is 0.371 e. The molecule has 11 heteroatoms. The van der Waals surface area contributed by atoms with Crippen molar-refractivity contribution >= 4 is 17.1 Å². The van der Waals surface area contributed by atoms with Gasteiger partial charge in [-0.2, -0.15) is 27.1 Å². The molecule has 0 saturated carbocycles. The number of nitrogens with zero attached hydrogens (tertiary/aromatic N) is 3. The first-order valence-corrected chi connectivity index (χ1v) is 10.3. The molecule has 0 spiro atoms. The van der Waals surface area contributed by atoms with Gasteiger partial charge in [0.1, 0.15) is 11.5 Å². The van der Waals surface area contributed by atoms with Gasteiger partial charge >= 0.3 is 12.1 Å². The Labute approximate surface area is 185 Å². The van der Waals surface area contributed by atoms with Crippen LogP contribution in [0.15, 0.2) is 47.6 Å². The van der Waals surface area contributed by atoms with Gasteiger partial charge in [0.15, 0.2) is 5.82 Å². The lowest BCUT2D eigenvalue weighted by Gasteiger charge is -2.33. The summed E-state index contributed by atoms with van der Waals surface area (Å²) < 4.78 is 95.2. The number of hydrogen-bond donors (Lipinski definition) is 1. The lowest BCUT2D eigenvalue weighted by Crippen LogP contribution is -2.43. The van der Waals surface area contributed by atoms with Gasteiger partial charge in [-0.15, -0.1) is 0 Å². The molecular weight excluding hydrogens is 453 g/mol. The van der Waals surface area contributed by atoms with E-state index in [0.717, 1.165) is 35.7 Å². The molecule has 1 unspecified atom stereocenters. The first kappa shape index (κ1) is 23.3. The zero-order valence-corrected chi connectivity index (χ0v) is 17.3. The van der Waals surface area contributed by atoms with E-state index >= 15 is 0 Å². The molecule has 2 N–H and O–H groups in total. The third-order valence-electron chi connectivity index (χ3n) is 5.95. The summed E-state index contributed by atoms with van der Waals surface area (Å²) in [5.41, 5.74) is 5.22. The Balaban J connectivity index is 1.73. The monoisotopic (exact) mass is 474 g/mol. The summed E-state index contributed by atoms with van der Waals surface area (Å²) in [5.74, 6) is -7.24. The fourth-order valence-electron chi connectivity index (χ4n) is 4.10. The molecule has 0 radical (unpaired) electrons. The van der Waals surface area contributed by atoms with Crippen LogP contribution in [-0.4, -0.2) is 36.9 Å². The van der Waals surface area contributed by atoms with Crippen LogP contribution in [0.25, 0.3) is 0 Å². The maximum atomic E-state index is 14.5. The second kappa shape index (κ2) is 8.51. The molecule has 0 bridgehead atoms. The highest BCUT2D eigenvalue weighted by Gasteiger charge is 2.63. The minimum Gasteiger partial charge on any atom is -0.371 e. The van der Waals surface area contributed by atoms with Gasteiger partial charge in [-0.05, 0) is 42.7 Å². The Morgan fingerprint density at radius 1 is 0.939 bits per heavy atom. The Hall–Kier alpha value is -2.82. The van der Waals surface area contributed by atoms with E-state index in [2.05, 4.69) is 5.10 Å². The van der Waals surface area contributed by atoms with Gasteiger partial charge in [0.05, 0.1) is 11.7 Å². The minimum absolute atomic E-state index is 0.0803. The predicted octanol–water partition coefficient (Wildman–Crippen LogP) is 5.40. The van der Waals surface area contributed by atoms with Crippen molar-refractivity contribution in [2.45, 2.75) is 43.4 Å². The van der Waals surface area contributed by atoms with Crippen molar-refractivity contribution in [3.05, 3.63) is 59.7 Å². The van der Waals surface area contributed by atoms with Crippen molar-refractivity contribution in [2.75, 3.05) is 23.0 Å². The zero-order valence-electron chi connectivity index (χ0n) is 17.3. The van der Waals surface area contributed by atoms with Crippen LogP contribution in [0.4, 0.5) is 42.1 Å². The van der Waals surface area contributed by atoms with Gasteiger partial charge in [0.2, 0.25) is 0 Å². The summed E-state index contributed by atoms with van der Waals surface area (Å²) in [7, 11) is 0. The first-order chi connectivity index (χ1) is 15.5. The molecule has 4 rings (SSSR count). The Morgan fingerprint density at radius 3 is 2.27 bits per heavy atom. The van der Waals surface area contributed by atoms with Crippen molar-refractivity contribution in [1.82, 2.24) is 0 Å². The highest BCUT2D eigenvalue weighted by molar-refractivity contribution is 5.95. The molecule has 1 atom stereocenters. The molecule has 33 heavy (non-hydrogen) atoms. The quantitative estimate of drug-likeness (QED) is 0.604. The van der Waals surface area contributed by atoms with Crippen LogP contribution < -0.4 is 15.6 Å². The van der Waals surface area contributed by atoms with Crippen molar-refractivity contribution in [3.63, 3.8) is 0 Å². The standard InChI is InChI=1S/C22H21F7N4/c23-14-4-5-18(17(24)11-14)33-19(12-20(31-33)21(25,26)22(27,28)29)13-2-1-3-16(10-13)32-8-6-15(30)7-9-32/h1-5,10-11,15,19H,6-9,12,30H2. The third-order valence-corrected chi connectivity index (χ3v) is 5.95. The van der Waals surface area contributed by atoms with Crippen molar-refractivity contribution < 1.29 is 30.7 Å². The van der Waals surface area contributed by atoms with E-state index in [-0.39, 0.29) is 6.04 Å². The number of rotatable bonds is 4. The van der Waals surface area contributed by atoms with Gasteiger partial charge in [-0.25, -0.2) is 8.78 Å². The highest BCUT2D eigenvalue weighted by atomic mass is 19.4. The summed E-state index contributed by atoms with van der Waals surface area (Å²) in [6.45, 7) is 1.33. The third kappa shape index (κ3) is 4.50. The normalized spacial score (nSPS) is 20.4. The highest BCUT2D eigenvalue weighted by Crippen LogP contribution is 2.45. The molecule has 0 aliphatic carbocycles. The van der Waals surface area contributed by atoms with E-state index in [9.17, 15) is 30.7 Å².